The molecule has 2 heterocycles. The largest absolute Gasteiger partial charge is 0.336 e. The Hall–Kier alpha value is -3.70. The van der Waals surface area contributed by atoms with E-state index >= 15 is 0 Å². The molecular formula is C23H20F2N4O2. The number of urea groups is 1. The Bertz CT molecular complexity index is 1130. The Morgan fingerprint density at radius 2 is 1.61 bits per heavy atom. The Morgan fingerprint density at radius 1 is 1.00 bits per heavy atom. The number of hydrazine groups is 1. The van der Waals surface area contributed by atoms with E-state index in [0.717, 1.165) is 12.1 Å². The van der Waals surface area contributed by atoms with Crippen LogP contribution < -0.4 is 10.3 Å². The van der Waals surface area contributed by atoms with Crippen molar-refractivity contribution in [3.63, 3.8) is 0 Å². The van der Waals surface area contributed by atoms with E-state index in [1.54, 1.807) is 56.4 Å². The lowest BCUT2D eigenvalue weighted by atomic mass is 10.1. The van der Waals surface area contributed by atoms with Gasteiger partial charge in [-0.15, -0.1) is 0 Å². The SMILES string of the molecule is CC(C)N1C(=O)N(c2c(F)cc(C#Cc3ccccc3)cc2F)C(=O)C2NN(C)C=C21. The third-order valence-electron chi connectivity index (χ3n) is 4.98. The zero-order chi connectivity index (χ0) is 22.3. The first-order valence-corrected chi connectivity index (χ1v) is 9.72. The number of carbonyl (C=O) groups excluding carboxylic acids is 2. The lowest BCUT2D eigenvalue weighted by Crippen LogP contribution is -2.62. The van der Waals surface area contributed by atoms with Crippen LogP contribution in [0.3, 0.4) is 0 Å². The maximum absolute atomic E-state index is 15.0. The molecular weight excluding hydrogens is 402 g/mol. The van der Waals surface area contributed by atoms with Crippen LogP contribution >= 0.6 is 0 Å². The summed E-state index contributed by atoms with van der Waals surface area (Å²) < 4.78 is 30.0. The molecule has 4 rings (SSSR count). The van der Waals surface area contributed by atoms with E-state index in [9.17, 15) is 18.4 Å². The van der Waals surface area contributed by atoms with Gasteiger partial charge in [-0.05, 0) is 38.1 Å². The van der Waals surface area contributed by atoms with Crippen LogP contribution in [0.25, 0.3) is 0 Å². The molecule has 31 heavy (non-hydrogen) atoms. The highest BCUT2D eigenvalue weighted by Crippen LogP contribution is 2.34. The number of anilines is 1. The summed E-state index contributed by atoms with van der Waals surface area (Å²) in [6.45, 7) is 3.52. The molecule has 1 unspecified atom stereocenters. The molecule has 158 valence electrons. The first-order valence-electron chi connectivity index (χ1n) is 9.72. The van der Waals surface area contributed by atoms with Crippen LogP contribution in [0.4, 0.5) is 19.3 Å². The first-order chi connectivity index (χ1) is 14.8. The van der Waals surface area contributed by atoms with Gasteiger partial charge in [-0.2, -0.15) is 0 Å². The molecule has 8 heteroatoms. The van der Waals surface area contributed by atoms with Gasteiger partial charge in [0.15, 0.2) is 11.6 Å². The number of halogens is 2. The van der Waals surface area contributed by atoms with Crippen LogP contribution in [-0.2, 0) is 4.79 Å². The molecule has 2 aromatic carbocycles. The van der Waals surface area contributed by atoms with Crippen LogP contribution in [-0.4, -0.2) is 41.0 Å². The minimum atomic E-state index is -1.04. The number of hydrogen-bond donors (Lipinski definition) is 1. The maximum atomic E-state index is 15.0. The third-order valence-corrected chi connectivity index (χ3v) is 4.98. The zero-order valence-electron chi connectivity index (χ0n) is 17.2. The second kappa shape index (κ2) is 7.85. The lowest BCUT2D eigenvalue weighted by Gasteiger charge is -2.40. The normalized spacial score (nSPS) is 18.2. The van der Waals surface area contributed by atoms with Crippen molar-refractivity contribution in [2.45, 2.75) is 25.9 Å². The predicted molar refractivity (Wildman–Crippen MR) is 111 cm³/mol. The molecule has 0 saturated carbocycles. The molecule has 1 saturated heterocycles. The molecule has 3 amide bonds. The van der Waals surface area contributed by atoms with Crippen molar-refractivity contribution in [3.05, 3.63) is 77.1 Å². The maximum Gasteiger partial charge on any atom is 0.336 e. The van der Waals surface area contributed by atoms with Crippen molar-refractivity contribution in [2.24, 2.45) is 0 Å². The number of nitrogens with zero attached hydrogens (tertiary/aromatic N) is 3. The van der Waals surface area contributed by atoms with Crippen LogP contribution in [0.15, 0.2) is 54.4 Å². The van der Waals surface area contributed by atoms with Crippen LogP contribution in [0.2, 0.25) is 0 Å². The van der Waals surface area contributed by atoms with E-state index in [4.69, 9.17) is 0 Å². The highest BCUT2D eigenvalue weighted by atomic mass is 19.1. The summed E-state index contributed by atoms with van der Waals surface area (Å²) in [7, 11) is 1.67. The van der Waals surface area contributed by atoms with Gasteiger partial charge in [0.1, 0.15) is 11.7 Å². The average molecular weight is 422 g/mol. The number of fused-ring (bicyclic) bond motifs is 1. The van der Waals surface area contributed by atoms with E-state index in [-0.39, 0.29) is 11.6 Å². The second-order valence-corrected chi connectivity index (χ2v) is 7.55. The topological polar surface area (TPSA) is 55.9 Å². The number of benzene rings is 2. The summed E-state index contributed by atoms with van der Waals surface area (Å²) >= 11 is 0. The van der Waals surface area contributed by atoms with Crippen molar-refractivity contribution in [3.8, 4) is 11.8 Å². The lowest BCUT2D eigenvalue weighted by molar-refractivity contribution is -0.120. The van der Waals surface area contributed by atoms with E-state index in [2.05, 4.69) is 17.3 Å². The minimum absolute atomic E-state index is 0.0968. The molecule has 2 aromatic rings. The van der Waals surface area contributed by atoms with Gasteiger partial charge in [0.05, 0.1) is 5.70 Å². The Labute approximate surface area is 178 Å². The molecule has 0 spiro atoms. The molecule has 1 N–H and O–H groups in total. The molecule has 0 aromatic heterocycles. The Balaban J connectivity index is 1.74. The highest BCUT2D eigenvalue weighted by Gasteiger charge is 2.48. The molecule has 0 aliphatic carbocycles. The summed E-state index contributed by atoms with van der Waals surface area (Å²) in [4.78, 5) is 28.0. The van der Waals surface area contributed by atoms with Gasteiger partial charge in [-0.25, -0.2) is 23.9 Å². The van der Waals surface area contributed by atoms with Gasteiger partial charge in [-0.3, -0.25) is 9.69 Å². The first kappa shape index (κ1) is 20.6. The smallest absolute Gasteiger partial charge is 0.316 e. The molecule has 0 bridgehead atoms. The summed E-state index contributed by atoms with van der Waals surface area (Å²) in [6.07, 6.45) is 1.62. The molecule has 1 atom stereocenters. The van der Waals surface area contributed by atoms with Gasteiger partial charge in [0.2, 0.25) is 0 Å². The fraction of sp³-hybridized carbons (Fsp3) is 0.217. The van der Waals surface area contributed by atoms with Crippen LogP contribution in [0, 0.1) is 23.5 Å². The standard InChI is InChI=1S/C23H20F2N4O2/c1-14(2)28-19-13-27(3)26-20(19)22(30)29(23(28)31)21-17(24)11-16(12-18(21)25)10-9-15-7-5-4-6-8-15/h4-8,11-14,20,26H,1-3H3. The zero-order valence-corrected chi connectivity index (χ0v) is 17.2. The van der Waals surface area contributed by atoms with Crippen molar-refractivity contribution in [1.82, 2.24) is 15.3 Å². The van der Waals surface area contributed by atoms with E-state index in [1.807, 2.05) is 6.07 Å². The Kier molecular flexibility index (Phi) is 5.21. The summed E-state index contributed by atoms with van der Waals surface area (Å²) in [5, 5.41) is 1.54. The van der Waals surface area contributed by atoms with Crippen LogP contribution in [0.1, 0.15) is 25.0 Å². The Morgan fingerprint density at radius 3 is 2.23 bits per heavy atom. The summed E-state index contributed by atoms with van der Waals surface area (Å²) in [5.74, 6) is 2.70. The van der Waals surface area contributed by atoms with E-state index in [1.165, 1.54) is 4.90 Å². The van der Waals surface area contributed by atoms with Gasteiger partial charge < -0.3 is 5.01 Å². The van der Waals surface area contributed by atoms with Crippen molar-refractivity contribution >= 4 is 17.6 Å². The van der Waals surface area contributed by atoms with Crippen molar-refractivity contribution in [2.75, 3.05) is 11.9 Å². The van der Waals surface area contributed by atoms with Crippen molar-refractivity contribution in [1.29, 1.82) is 0 Å². The molecule has 6 nitrogen and oxygen atoms in total. The molecule has 1 fully saturated rings. The van der Waals surface area contributed by atoms with Crippen molar-refractivity contribution < 1.29 is 18.4 Å². The number of carbonyl (C=O) groups is 2. The van der Waals surface area contributed by atoms with Gasteiger partial charge >= 0.3 is 6.03 Å². The fourth-order valence-electron chi connectivity index (χ4n) is 3.65. The summed E-state index contributed by atoms with van der Waals surface area (Å²) in [6, 6.07) is 8.99. The number of imide groups is 1. The number of amides is 3. The van der Waals surface area contributed by atoms with Crippen LogP contribution in [0.5, 0.6) is 0 Å². The predicted octanol–water partition coefficient (Wildman–Crippen LogP) is 3.20. The molecule has 2 aliphatic rings. The van der Waals surface area contributed by atoms with E-state index in [0.29, 0.717) is 16.2 Å². The van der Waals surface area contributed by atoms with Gasteiger partial charge in [0, 0.05) is 30.4 Å². The van der Waals surface area contributed by atoms with Gasteiger partial charge in [-0.1, -0.05) is 30.0 Å². The van der Waals surface area contributed by atoms with E-state index < -0.39 is 35.3 Å². The minimum Gasteiger partial charge on any atom is -0.316 e. The quantitative estimate of drug-likeness (QED) is 0.756. The molecule has 0 radical (unpaired) electrons. The average Bonchev–Trinajstić information content (AvgIpc) is 3.10. The number of hydrogen-bond acceptors (Lipinski definition) is 4. The van der Waals surface area contributed by atoms with Gasteiger partial charge in [0.25, 0.3) is 5.91 Å². The molecule has 2 aliphatic heterocycles. The second-order valence-electron chi connectivity index (χ2n) is 7.55. The number of rotatable bonds is 2. The highest BCUT2D eigenvalue weighted by molar-refractivity contribution is 6.20. The fourth-order valence-corrected chi connectivity index (χ4v) is 3.65. The summed E-state index contributed by atoms with van der Waals surface area (Å²) in [5.41, 5.74) is 3.41. The number of nitrogens with one attached hydrogen (secondary N) is 1. The third kappa shape index (κ3) is 3.64. The monoisotopic (exact) mass is 422 g/mol.